The van der Waals surface area contributed by atoms with Crippen LogP contribution in [0.25, 0.3) is 11.0 Å². The Hall–Kier alpha value is -3.36. The van der Waals surface area contributed by atoms with Crippen LogP contribution in [0.3, 0.4) is 0 Å². The van der Waals surface area contributed by atoms with Crippen molar-refractivity contribution in [1.29, 1.82) is 0 Å². The van der Waals surface area contributed by atoms with Gasteiger partial charge in [0.05, 0.1) is 10.6 Å². The standard InChI is InChI=1S/C18H19N5O4/c1-11-4-3-7-22(10-11)15-9-14(19-12-5-2-6-13(24)8-12)18(23(25)26)17-16(15)20-27-21-17/h2,5-6,8-9,11,19,24H,3-4,7,10H2,1H3/t11-/m0/s1. The fourth-order valence-electron chi connectivity index (χ4n) is 3.58. The zero-order chi connectivity index (χ0) is 19.0. The van der Waals surface area contributed by atoms with Crippen LogP contribution in [-0.4, -0.2) is 33.4 Å². The van der Waals surface area contributed by atoms with E-state index >= 15 is 0 Å². The van der Waals surface area contributed by atoms with E-state index in [0.717, 1.165) is 31.6 Å². The SMILES string of the molecule is C[C@H]1CCCN(c2cc(Nc3cccc(O)c3)c([N+](=O)[O-])c3nonc23)C1. The second kappa shape index (κ2) is 6.75. The van der Waals surface area contributed by atoms with Crippen molar-refractivity contribution in [3.8, 4) is 5.75 Å². The van der Waals surface area contributed by atoms with E-state index in [0.29, 0.717) is 17.1 Å². The number of nitrogens with zero attached hydrogens (tertiary/aromatic N) is 4. The molecule has 0 spiro atoms. The summed E-state index contributed by atoms with van der Waals surface area (Å²) in [5.74, 6) is 0.586. The van der Waals surface area contributed by atoms with Gasteiger partial charge in [-0.1, -0.05) is 13.0 Å². The van der Waals surface area contributed by atoms with Gasteiger partial charge in [-0.2, -0.15) is 0 Å². The van der Waals surface area contributed by atoms with E-state index < -0.39 is 4.92 Å². The van der Waals surface area contributed by atoms with Gasteiger partial charge < -0.3 is 15.3 Å². The average molecular weight is 369 g/mol. The minimum atomic E-state index is -0.500. The van der Waals surface area contributed by atoms with Gasteiger partial charge in [-0.05, 0) is 47.3 Å². The van der Waals surface area contributed by atoms with Crippen LogP contribution in [0.1, 0.15) is 19.8 Å². The third-order valence-corrected chi connectivity index (χ3v) is 4.80. The first kappa shape index (κ1) is 17.1. The van der Waals surface area contributed by atoms with Crippen molar-refractivity contribution in [2.75, 3.05) is 23.3 Å². The minimum absolute atomic E-state index is 0.0666. The van der Waals surface area contributed by atoms with Gasteiger partial charge >= 0.3 is 5.69 Å². The molecule has 0 amide bonds. The second-order valence-electron chi connectivity index (χ2n) is 6.88. The monoisotopic (exact) mass is 369 g/mol. The molecule has 140 valence electrons. The predicted octanol–water partition coefficient (Wildman–Crippen LogP) is 3.82. The lowest BCUT2D eigenvalue weighted by atomic mass is 9.99. The Morgan fingerprint density at radius 3 is 2.89 bits per heavy atom. The number of hydrogen-bond donors (Lipinski definition) is 2. The lowest BCUT2D eigenvalue weighted by molar-refractivity contribution is -0.382. The van der Waals surface area contributed by atoms with E-state index in [1.807, 2.05) is 0 Å². The smallest absolute Gasteiger partial charge is 0.324 e. The van der Waals surface area contributed by atoms with Crippen molar-refractivity contribution < 1.29 is 14.7 Å². The first-order chi connectivity index (χ1) is 13.0. The quantitative estimate of drug-likeness (QED) is 0.526. The van der Waals surface area contributed by atoms with E-state index in [1.54, 1.807) is 18.2 Å². The molecular formula is C18H19N5O4. The highest BCUT2D eigenvalue weighted by Crippen LogP contribution is 2.40. The van der Waals surface area contributed by atoms with Gasteiger partial charge in [0.1, 0.15) is 11.4 Å². The molecule has 0 bridgehead atoms. The van der Waals surface area contributed by atoms with Crippen LogP contribution in [0.5, 0.6) is 5.75 Å². The van der Waals surface area contributed by atoms with Crippen molar-refractivity contribution in [2.24, 2.45) is 5.92 Å². The molecule has 1 fully saturated rings. The molecule has 0 saturated carbocycles. The number of nitro benzene ring substituents is 1. The van der Waals surface area contributed by atoms with Crippen LogP contribution >= 0.6 is 0 Å². The summed E-state index contributed by atoms with van der Waals surface area (Å²) in [7, 11) is 0. The molecule has 0 radical (unpaired) electrons. The van der Waals surface area contributed by atoms with Gasteiger partial charge in [0.2, 0.25) is 5.52 Å². The molecule has 0 aliphatic carbocycles. The maximum atomic E-state index is 11.7. The molecule has 27 heavy (non-hydrogen) atoms. The number of aromatic hydroxyl groups is 1. The summed E-state index contributed by atoms with van der Waals surface area (Å²) in [6.07, 6.45) is 2.19. The largest absolute Gasteiger partial charge is 0.508 e. The number of benzene rings is 2. The van der Waals surface area contributed by atoms with Crippen LogP contribution in [0.15, 0.2) is 35.0 Å². The molecule has 1 aliphatic rings. The minimum Gasteiger partial charge on any atom is -0.508 e. The fourth-order valence-corrected chi connectivity index (χ4v) is 3.58. The lowest BCUT2D eigenvalue weighted by Gasteiger charge is -2.32. The Bertz CT molecular complexity index is 1000. The molecule has 1 aliphatic heterocycles. The molecule has 4 rings (SSSR count). The van der Waals surface area contributed by atoms with Crippen LogP contribution in [0.4, 0.5) is 22.7 Å². The number of hydrogen-bond acceptors (Lipinski definition) is 8. The first-order valence-corrected chi connectivity index (χ1v) is 8.77. The second-order valence-corrected chi connectivity index (χ2v) is 6.88. The van der Waals surface area contributed by atoms with Gasteiger partial charge in [0, 0.05) is 24.8 Å². The number of rotatable bonds is 4. The van der Waals surface area contributed by atoms with Crippen molar-refractivity contribution in [2.45, 2.75) is 19.8 Å². The Morgan fingerprint density at radius 2 is 2.15 bits per heavy atom. The number of aromatic nitrogens is 2. The number of nitro groups is 1. The third kappa shape index (κ3) is 3.23. The average Bonchev–Trinajstić information content (AvgIpc) is 3.10. The molecule has 1 atom stereocenters. The van der Waals surface area contributed by atoms with Crippen molar-refractivity contribution in [3.63, 3.8) is 0 Å². The molecule has 1 saturated heterocycles. The molecule has 2 N–H and O–H groups in total. The van der Waals surface area contributed by atoms with Crippen LogP contribution < -0.4 is 10.2 Å². The summed E-state index contributed by atoms with van der Waals surface area (Å²) in [6.45, 7) is 3.86. The van der Waals surface area contributed by atoms with E-state index in [9.17, 15) is 15.2 Å². The Morgan fingerprint density at radius 1 is 1.33 bits per heavy atom. The molecule has 9 heteroatoms. The number of fused-ring (bicyclic) bond motifs is 1. The molecule has 3 aromatic rings. The normalized spacial score (nSPS) is 17.2. The fraction of sp³-hybridized carbons (Fsp3) is 0.333. The zero-order valence-corrected chi connectivity index (χ0v) is 14.8. The highest BCUT2D eigenvalue weighted by Gasteiger charge is 2.29. The van der Waals surface area contributed by atoms with Crippen molar-refractivity contribution >= 4 is 33.8 Å². The molecule has 2 aromatic carbocycles. The molecule has 0 unspecified atom stereocenters. The van der Waals surface area contributed by atoms with Crippen molar-refractivity contribution in [1.82, 2.24) is 10.3 Å². The molecular weight excluding hydrogens is 350 g/mol. The van der Waals surface area contributed by atoms with Gasteiger partial charge in [0.15, 0.2) is 5.52 Å². The first-order valence-electron chi connectivity index (χ1n) is 8.77. The van der Waals surface area contributed by atoms with E-state index in [1.165, 1.54) is 12.1 Å². The zero-order valence-electron chi connectivity index (χ0n) is 14.8. The Labute approximate surface area is 154 Å². The lowest BCUT2D eigenvalue weighted by Crippen LogP contribution is -2.34. The topological polar surface area (TPSA) is 118 Å². The molecule has 9 nitrogen and oxygen atoms in total. The summed E-state index contributed by atoms with van der Waals surface area (Å²) < 4.78 is 4.84. The predicted molar refractivity (Wildman–Crippen MR) is 100 cm³/mol. The Kier molecular flexibility index (Phi) is 4.27. The molecule has 1 aromatic heterocycles. The molecule has 2 heterocycles. The highest BCUT2D eigenvalue weighted by molar-refractivity contribution is 6.00. The van der Waals surface area contributed by atoms with Gasteiger partial charge in [-0.15, -0.1) is 0 Å². The van der Waals surface area contributed by atoms with Crippen LogP contribution in [-0.2, 0) is 0 Å². The summed E-state index contributed by atoms with van der Waals surface area (Å²) in [5.41, 5.74) is 1.86. The maximum absolute atomic E-state index is 11.7. The Balaban J connectivity index is 1.85. The van der Waals surface area contributed by atoms with Crippen molar-refractivity contribution in [3.05, 3.63) is 40.4 Å². The third-order valence-electron chi connectivity index (χ3n) is 4.80. The van der Waals surface area contributed by atoms with E-state index in [2.05, 4.69) is 27.5 Å². The summed E-state index contributed by atoms with van der Waals surface area (Å²) in [6, 6.07) is 8.12. The summed E-state index contributed by atoms with van der Waals surface area (Å²) in [5, 5.41) is 32.1. The van der Waals surface area contributed by atoms with Crippen LogP contribution in [0, 0.1) is 16.0 Å². The maximum Gasteiger partial charge on any atom is 0.324 e. The number of anilines is 3. The van der Waals surface area contributed by atoms with Gasteiger partial charge in [0.25, 0.3) is 0 Å². The summed E-state index contributed by atoms with van der Waals surface area (Å²) >= 11 is 0. The summed E-state index contributed by atoms with van der Waals surface area (Å²) in [4.78, 5) is 13.4. The number of phenolic OH excluding ortho intramolecular Hbond substituents is 1. The number of nitrogens with one attached hydrogen (secondary N) is 1. The van der Waals surface area contributed by atoms with Crippen LogP contribution in [0.2, 0.25) is 0 Å². The van der Waals surface area contributed by atoms with E-state index in [-0.39, 0.29) is 22.6 Å². The van der Waals surface area contributed by atoms with E-state index in [4.69, 9.17) is 4.63 Å². The highest BCUT2D eigenvalue weighted by atomic mass is 16.6. The number of phenols is 1. The number of piperidine rings is 1. The van der Waals surface area contributed by atoms with Gasteiger partial charge in [-0.3, -0.25) is 10.1 Å². The van der Waals surface area contributed by atoms with Gasteiger partial charge in [-0.25, -0.2) is 4.63 Å².